The minimum atomic E-state index is -4.88. The van der Waals surface area contributed by atoms with Crippen molar-refractivity contribution < 1.29 is 27.4 Å². The Balaban J connectivity index is 3.26. The first-order chi connectivity index (χ1) is 9.97. The fourth-order valence-electron chi connectivity index (χ4n) is 2.43. The molecule has 3 nitrogen and oxygen atoms in total. The van der Waals surface area contributed by atoms with Crippen LogP contribution in [0.3, 0.4) is 0 Å². The third-order valence-corrected chi connectivity index (χ3v) is 3.57. The summed E-state index contributed by atoms with van der Waals surface area (Å²) in [7, 11) is 0. The summed E-state index contributed by atoms with van der Waals surface area (Å²) in [5, 5.41) is 9.86. The minimum Gasteiger partial charge on any atom is -0.494 e. The van der Waals surface area contributed by atoms with E-state index >= 15 is 0 Å². The van der Waals surface area contributed by atoms with Gasteiger partial charge in [0.1, 0.15) is 11.6 Å². The second-order valence-electron chi connectivity index (χ2n) is 5.87. The summed E-state index contributed by atoms with van der Waals surface area (Å²) in [4.78, 5) is 0. The molecule has 0 saturated carbocycles. The second-order valence-corrected chi connectivity index (χ2v) is 5.87. The van der Waals surface area contributed by atoms with E-state index in [2.05, 4.69) is 0 Å². The molecule has 0 unspecified atom stereocenters. The van der Waals surface area contributed by atoms with Crippen molar-refractivity contribution in [1.82, 2.24) is 0 Å². The van der Waals surface area contributed by atoms with E-state index in [1.165, 1.54) is 26.0 Å². The summed E-state index contributed by atoms with van der Waals surface area (Å²) >= 11 is 0. The highest BCUT2D eigenvalue weighted by Crippen LogP contribution is 2.43. The first kappa shape index (κ1) is 18.7. The maximum Gasteiger partial charge on any atom is 0.418 e. The monoisotopic (exact) mass is 323 g/mol. The third kappa shape index (κ3) is 3.89. The number of rotatable bonds is 6. The maximum absolute atomic E-state index is 13.5. The molecule has 126 valence electrons. The van der Waals surface area contributed by atoms with Crippen molar-refractivity contribution in [3.63, 3.8) is 0 Å². The number of halogens is 4. The third-order valence-electron chi connectivity index (χ3n) is 3.57. The van der Waals surface area contributed by atoms with Crippen molar-refractivity contribution in [3.8, 4) is 5.75 Å². The largest absolute Gasteiger partial charge is 0.494 e. The summed E-state index contributed by atoms with van der Waals surface area (Å²) in [6, 6.07) is 3.66. The van der Waals surface area contributed by atoms with Gasteiger partial charge in [-0.25, -0.2) is 4.39 Å². The molecule has 3 N–H and O–H groups in total. The molecule has 0 heterocycles. The number of benzene rings is 1. The Hall–Kier alpha value is -1.34. The van der Waals surface area contributed by atoms with Gasteiger partial charge in [0.2, 0.25) is 0 Å². The molecule has 0 aliphatic heterocycles. The Morgan fingerprint density at radius 1 is 1.23 bits per heavy atom. The van der Waals surface area contributed by atoms with Crippen LogP contribution in [-0.2, 0) is 5.41 Å². The molecule has 0 amide bonds. The van der Waals surface area contributed by atoms with Gasteiger partial charge in [0.25, 0.3) is 0 Å². The van der Waals surface area contributed by atoms with Gasteiger partial charge in [-0.05, 0) is 37.0 Å². The number of aliphatic hydroxyl groups is 1. The zero-order valence-corrected chi connectivity index (χ0v) is 12.8. The first-order valence-electron chi connectivity index (χ1n) is 6.89. The Labute approximate surface area is 127 Å². The maximum atomic E-state index is 13.5. The van der Waals surface area contributed by atoms with Crippen LogP contribution in [0.1, 0.15) is 32.8 Å². The van der Waals surface area contributed by atoms with Gasteiger partial charge in [-0.15, -0.1) is 0 Å². The number of hydrogen-bond acceptors (Lipinski definition) is 3. The van der Waals surface area contributed by atoms with Gasteiger partial charge in [0.05, 0.1) is 6.61 Å². The quantitative estimate of drug-likeness (QED) is 0.791. The minimum absolute atomic E-state index is 0.255. The number of hydrogen-bond donors (Lipinski definition) is 2. The predicted molar refractivity (Wildman–Crippen MR) is 75.3 cm³/mol. The molecule has 1 aromatic carbocycles. The lowest BCUT2D eigenvalue weighted by atomic mass is 9.74. The lowest BCUT2D eigenvalue weighted by Crippen LogP contribution is -2.54. The molecule has 22 heavy (non-hydrogen) atoms. The van der Waals surface area contributed by atoms with Gasteiger partial charge in [-0.2, -0.15) is 13.2 Å². The lowest BCUT2D eigenvalue weighted by Gasteiger charge is -2.37. The summed E-state index contributed by atoms with van der Waals surface area (Å²) in [5.74, 6) is -0.301. The van der Waals surface area contributed by atoms with Gasteiger partial charge in [-0.3, -0.25) is 0 Å². The Kier molecular flexibility index (Phi) is 5.46. The average molecular weight is 323 g/mol. The van der Waals surface area contributed by atoms with Crippen molar-refractivity contribution >= 4 is 0 Å². The molecule has 7 heteroatoms. The van der Waals surface area contributed by atoms with E-state index in [0.717, 1.165) is 6.07 Å². The van der Waals surface area contributed by atoms with Gasteiger partial charge < -0.3 is 15.6 Å². The van der Waals surface area contributed by atoms with Crippen molar-refractivity contribution in [3.05, 3.63) is 29.6 Å². The van der Waals surface area contributed by atoms with Crippen LogP contribution in [0.2, 0.25) is 0 Å². The Morgan fingerprint density at radius 2 is 1.82 bits per heavy atom. The van der Waals surface area contributed by atoms with E-state index < -0.39 is 36.0 Å². The fraction of sp³-hybridized carbons (Fsp3) is 0.600. The van der Waals surface area contributed by atoms with E-state index in [1.807, 2.05) is 0 Å². The standard InChI is InChI=1S/C15H21F4NO2/c1-4-22-12-6-5-10(16)7-11(12)13(2,3)8-14(21,9-20)15(17,18)19/h5-7,21H,4,8-9,20H2,1-3H3/t14-/m0/s1. The molecule has 1 rings (SSSR count). The van der Waals surface area contributed by atoms with Gasteiger partial charge in [-0.1, -0.05) is 13.8 Å². The molecule has 1 atom stereocenters. The predicted octanol–water partition coefficient (Wildman–Crippen LogP) is 3.14. The van der Waals surface area contributed by atoms with Crippen LogP contribution in [0.15, 0.2) is 18.2 Å². The van der Waals surface area contributed by atoms with Gasteiger partial charge >= 0.3 is 6.18 Å². The van der Waals surface area contributed by atoms with Gasteiger partial charge in [0, 0.05) is 12.1 Å². The summed E-state index contributed by atoms with van der Waals surface area (Å²) < 4.78 is 58.0. The first-order valence-corrected chi connectivity index (χ1v) is 6.89. The topological polar surface area (TPSA) is 55.5 Å². The summed E-state index contributed by atoms with van der Waals surface area (Å²) in [5.41, 5.74) is 1.14. The molecule has 0 fully saturated rings. The van der Waals surface area contributed by atoms with Crippen LogP contribution in [0.25, 0.3) is 0 Å². The van der Waals surface area contributed by atoms with Crippen LogP contribution in [0.5, 0.6) is 5.75 Å². The molecule has 0 spiro atoms. The summed E-state index contributed by atoms with van der Waals surface area (Å²) in [6.45, 7) is 3.99. The summed E-state index contributed by atoms with van der Waals surface area (Å²) in [6.07, 6.45) is -5.58. The Bertz CT molecular complexity index is 517. The molecule has 0 radical (unpaired) electrons. The molecular formula is C15H21F4NO2. The highest BCUT2D eigenvalue weighted by molar-refractivity contribution is 5.40. The van der Waals surface area contributed by atoms with Crippen LogP contribution in [-0.4, -0.2) is 30.0 Å². The van der Waals surface area contributed by atoms with E-state index in [-0.39, 0.29) is 17.9 Å². The number of ether oxygens (including phenoxy) is 1. The smallest absolute Gasteiger partial charge is 0.418 e. The molecule has 0 aromatic heterocycles. The van der Waals surface area contributed by atoms with E-state index in [4.69, 9.17) is 10.5 Å². The molecule has 0 bridgehead atoms. The Morgan fingerprint density at radius 3 is 2.27 bits per heavy atom. The van der Waals surface area contributed by atoms with Gasteiger partial charge in [0.15, 0.2) is 5.60 Å². The SMILES string of the molecule is CCOc1ccc(F)cc1C(C)(C)C[C@](O)(CN)C(F)(F)F. The van der Waals surface area contributed by atoms with Crippen molar-refractivity contribution in [1.29, 1.82) is 0 Å². The zero-order chi connectivity index (χ0) is 17.2. The molecule has 0 saturated heterocycles. The van der Waals surface area contributed by atoms with Crippen molar-refractivity contribution in [2.75, 3.05) is 13.2 Å². The number of alkyl halides is 3. The van der Waals surface area contributed by atoms with Crippen molar-refractivity contribution in [2.24, 2.45) is 5.73 Å². The zero-order valence-electron chi connectivity index (χ0n) is 12.8. The van der Waals surface area contributed by atoms with E-state index in [9.17, 15) is 22.7 Å². The van der Waals surface area contributed by atoms with Crippen LogP contribution in [0, 0.1) is 5.82 Å². The average Bonchev–Trinajstić information content (AvgIpc) is 2.39. The highest BCUT2D eigenvalue weighted by atomic mass is 19.4. The fourth-order valence-corrected chi connectivity index (χ4v) is 2.43. The van der Waals surface area contributed by atoms with Crippen LogP contribution in [0.4, 0.5) is 17.6 Å². The van der Waals surface area contributed by atoms with Crippen LogP contribution >= 0.6 is 0 Å². The van der Waals surface area contributed by atoms with E-state index in [1.54, 1.807) is 6.92 Å². The lowest BCUT2D eigenvalue weighted by molar-refractivity contribution is -0.262. The molecule has 0 aliphatic carbocycles. The second kappa shape index (κ2) is 6.42. The molecular weight excluding hydrogens is 302 g/mol. The number of nitrogens with two attached hydrogens (primary N) is 1. The normalized spacial score (nSPS) is 15.5. The van der Waals surface area contributed by atoms with Crippen LogP contribution < -0.4 is 10.5 Å². The van der Waals surface area contributed by atoms with E-state index in [0.29, 0.717) is 0 Å². The molecule has 1 aromatic rings. The highest BCUT2D eigenvalue weighted by Gasteiger charge is 2.55. The molecule has 0 aliphatic rings. The van der Waals surface area contributed by atoms with Crippen molar-refractivity contribution in [2.45, 2.75) is 44.4 Å².